The molecule has 2 unspecified atom stereocenters. The SMILES string of the molecule is CCC(C)C1CN(C(=O)OC(C)(C)C)CC(F)(F)C1. The van der Waals surface area contributed by atoms with Gasteiger partial charge < -0.3 is 9.64 Å². The van der Waals surface area contributed by atoms with E-state index in [1.165, 1.54) is 0 Å². The van der Waals surface area contributed by atoms with Crippen LogP contribution in [-0.4, -0.2) is 35.6 Å². The zero-order chi connectivity index (χ0) is 14.8. The van der Waals surface area contributed by atoms with Gasteiger partial charge in [-0.15, -0.1) is 0 Å². The summed E-state index contributed by atoms with van der Waals surface area (Å²) in [4.78, 5) is 13.1. The van der Waals surface area contributed by atoms with Crippen molar-refractivity contribution in [3.05, 3.63) is 0 Å². The molecule has 3 nitrogen and oxygen atoms in total. The first-order chi connectivity index (χ1) is 8.54. The highest BCUT2D eigenvalue weighted by Crippen LogP contribution is 2.35. The maximum atomic E-state index is 13.7. The first kappa shape index (κ1) is 16.2. The molecule has 1 heterocycles. The average Bonchev–Trinajstić information content (AvgIpc) is 2.23. The van der Waals surface area contributed by atoms with E-state index in [2.05, 4.69) is 0 Å². The zero-order valence-corrected chi connectivity index (χ0v) is 12.5. The lowest BCUT2D eigenvalue weighted by Crippen LogP contribution is -2.52. The fraction of sp³-hybridized carbons (Fsp3) is 0.929. The van der Waals surface area contributed by atoms with Gasteiger partial charge in [0.25, 0.3) is 5.92 Å². The molecule has 19 heavy (non-hydrogen) atoms. The number of alkyl halides is 2. The smallest absolute Gasteiger partial charge is 0.410 e. The third-order valence-electron chi connectivity index (χ3n) is 3.54. The topological polar surface area (TPSA) is 29.5 Å². The third-order valence-corrected chi connectivity index (χ3v) is 3.54. The standard InChI is InChI=1S/C14H25F2NO2/c1-6-10(2)11-7-14(15,16)9-17(8-11)12(18)19-13(3,4)5/h10-11H,6-9H2,1-5H3. The Kier molecular flexibility index (Phi) is 4.80. The summed E-state index contributed by atoms with van der Waals surface area (Å²) < 4.78 is 32.7. The molecule has 0 N–H and O–H groups in total. The summed E-state index contributed by atoms with van der Waals surface area (Å²) in [5, 5.41) is 0. The molecule has 1 amide bonds. The van der Waals surface area contributed by atoms with Crippen LogP contribution in [0, 0.1) is 11.8 Å². The number of nitrogens with zero attached hydrogens (tertiary/aromatic N) is 1. The fourth-order valence-corrected chi connectivity index (χ4v) is 2.32. The van der Waals surface area contributed by atoms with Gasteiger partial charge in [0.1, 0.15) is 5.60 Å². The van der Waals surface area contributed by atoms with E-state index < -0.39 is 24.2 Å². The average molecular weight is 277 g/mol. The van der Waals surface area contributed by atoms with Crippen molar-refractivity contribution in [2.45, 2.75) is 59.0 Å². The van der Waals surface area contributed by atoms with Crippen molar-refractivity contribution < 1.29 is 18.3 Å². The molecule has 112 valence electrons. The van der Waals surface area contributed by atoms with Gasteiger partial charge in [0.2, 0.25) is 0 Å². The number of ether oxygens (including phenoxy) is 1. The molecule has 0 aliphatic carbocycles. The van der Waals surface area contributed by atoms with Gasteiger partial charge in [-0.25, -0.2) is 13.6 Å². The molecule has 0 radical (unpaired) electrons. The molecular formula is C14H25F2NO2. The lowest BCUT2D eigenvalue weighted by molar-refractivity contribution is -0.0942. The fourth-order valence-electron chi connectivity index (χ4n) is 2.32. The molecule has 2 atom stereocenters. The zero-order valence-electron chi connectivity index (χ0n) is 12.5. The molecule has 5 heteroatoms. The number of halogens is 2. The van der Waals surface area contributed by atoms with Crippen molar-refractivity contribution in [3.63, 3.8) is 0 Å². The van der Waals surface area contributed by atoms with Gasteiger partial charge in [0, 0.05) is 13.0 Å². The van der Waals surface area contributed by atoms with Gasteiger partial charge in [-0.3, -0.25) is 0 Å². The van der Waals surface area contributed by atoms with Crippen LogP contribution in [0.15, 0.2) is 0 Å². The molecular weight excluding hydrogens is 252 g/mol. The first-order valence-electron chi connectivity index (χ1n) is 6.90. The highest BCUT2D eigenvalue weighted by atomic mass is 19.3. The first-order valence-corrected chi connectivity index (χ1v) is 6.90. The third kappa shape index (κ3) is 4.96. The molecule has 1 saturated heterocycles. The number of amides is 1. The maximum Gasteiger partial charge on any atom is 0.410 e. The Hall–Kier alpha value is -0.870. The van der Waals surface area contributed by atoms with E-state index in [-0.39, 0.29) is 18.3 Å². The summed E-state index contributed by atoms with van der Waals surface area (Å²) in [6.07, 6.45) is 0.0599. The van der Waals surface area contributed by atoms with Crippen molar-refractivity contribution in [2.24, 2.45) is 11.8 Å². The summed E-state index contributed by atoms with van der Waals surface area (Å²) >= 11 is 0. The minimum Gasteiger partial charge on any atom is -0.444 e. The Labute approximate surface area is 114 Å². The minimum atomic E-state index is -2.82. The highest BCUT2D eigenvalue weighted by molar-refractivity contribution is 5.68. The predicted molar refractivity (Wildman–Crippen MR) is 70.3 cm³/mol. The minimum absolute atomic E-state index is 0.138. The van der Waals surface area contributed by atoms with Crippen molar-refractivity contribution in [1.82, 2.24) is 4.90 Å². The van der Waals surface area contributed by atoms with Crippen LogP contribution in [0.2, 0.25) is 0 Å². The van der Waals surface area contributed by atoms with Gasteiger partial charge in [-0.05, 0) is 32.6 Å². The number of carbonyl (C=O) groups excluding carboxylic acids is 1. The molecule has 1 aliphatic rings. The largest absolute Gasteiger partial charge is 0.444 e. The molecule has 0 aromatic rings. The van der Waals surface area contributed by atoms with Gasteiger partial charge in [-0.2, -0.15) is 0 Å². The lowest BCUT2D eigenvalue weighted by atomic mass is 9.84. The predicted octanol–water partition coefficient (Wildman–Crippen LogP) is 3.92. The molecule has 0 aromatic carbocycles. The van der Waals surface area contributed by atoms with Gasteiger partial charge in [0.05, 0.1) is 6.54 Å². The van der Waals surface area contributed by atoms with Crippen LogP contribution in [0.25, 0.3) is 0 Å². The highest BCUT2D eigenvalue weighted by Gasteiger charge is 2.44. The van der Waals surface area contributed by atoms with E-state index in [1.807, 2.05) is 13.8 Å². The Bertz CT molecular complexity index is 326. The van der Waals surface area contributed by atoms with Gasteiger partial charge >= 0.3 is 6.09 Å². The molecule has 1 aliphatic heterocycles. The van der Waals surface area contributed by atoms with Gasteiger partial charge in [-0.1, -0.05) is 20.3 Å². The van der Waals surface area contributed by atoms with E-state index in [9.17, 15) is 13.6 Å². The van der Waals surface area contributed by atoms with Crippen molar-refractivity contribution in [3.8, 4) is 0 Å². The Balaban J connectivity index is 2.75. The van der Waals surface area contributed by atoms with Crippen LogP contribution in [0.3, 0.4) is 0 Å². The van der Waals surface area contributed by atoms with E-state index >= 15 is 0 Å². The molecule has 0 spiro atoms. The summed E-state index contributed by atoms with van der Waals surface area (Å²) in [7, 11) is 0. The van der Waals surface area contributed by atoms with Crippen LogP contribution in [-0.2, 0) is 4.74 Å². The Morgan fingerprint density at radius 3 is 2.53 bits per heavy atom. The molecule has 1 fully saturated rings. The maximum absolute atomic E-state index is 13.7. The van der Waals surface area contributed by atoms with Crippen molar-refractivity contribution in [1.29, 1.82) is 0 Å². The van der Waals surface area contributed by atoms with Gasteiger partial charge in [0.15, 0.2) is 0 Å². The number of likely N-dealkylation sites (tertiary alicyclic amines) is 1. The second-order valence-electron chi connectivity index (χ2n) is 6.57. The van der Waals surface area contributed by atoms with Crippen LogP contribution in [0.4, 0.5) is 13.6 Å². The molecule has 1 rings (SSSR count). The Morgan fingerprint density at radius 1 is 1.47 bits per heavy atom. The van der Waals surface area contributed by atoms with Crippen LogP contribution in [0.5, 0.6) is 0 Å². The summed E-state index contributed by atoms with van der Waals surface area (Å²) in [6.45, 7) is 8.97. The van der Waals surface area contributed by atoms with E-state index in [1.54, 1.807) is 20.8 Å². The van der Waals surface area contributed by atoms with Crippen LogP contribution >= 0.6 is 0 Å². The quantitative estimate of drug-likeness (QED) is 0.765. The monoisotopic (exact) mass is 277 g/mol. The Morgan fingerprint density at radius 2 is 2.05 bits per heavy atom. The number of hydrogen-bond acceptors (Lipinski definition) is 2. The van der Waals surface area contributed by atoms with Crippen molar-refractivity contribution in [2.75, 3.05) is 13.1 Å². The molecule has 0 saturated carbocycles. The summed E-state index contributed by atoms with van der Waals surface area (Å²) in [6, 6.07) is 0. The summed E-state index contributed by atoms with van der Waals surface area (Å²) in [5.74, 6) is -2.80. The lowest BCUT2D eigenvalue weighted by Gasteiger charge is -2.40. The normalized spacial score (nSPS) is 25.0. The summed E-state index contributed by atoms with van der Waals surface area (Å²) in [5.41, 5.74) is -0.657. The van der Waals surface area contributed by atoms with Crippen LogP contribution < -0.4 is 0 Å². The number of carbonyl (C=O) groups is 1. The van der Waals surface area contributed by atoms with E-state index in [0.29, 0.717) is 6.54 Å². The van der Waals surface area contributed by atoms with Crippen LogP contribution in [0.1, 0.15) is 47.5 Å². The number of hydrogen-bond donors (Lipinski definition) is 0. The number of piperidine rings is 1. The molecule has 0 aromatic heterocycles. The number of rotatable bonds is 2. The second kappa shape index (κ2) is 5.63. The van der Waals surface area contributed by atoms with Crippen molar-refractivity contribution >= 4 is 6.09 Å². The molecule has 0 bridgehead atoms. The van der Waals surface area contributed by atoms with E-state index in [0.717, 1.165) is 11.3 Å². The van der Waals surface area contributed by atoms with E-state index in [4.69, 9.17) is 4.74 Å². The second-order valence-corrected chi connectivity index (χ2v) is 6.57.